The summed E-state index contributed by atoms with van der Waals surface area (Å²) in [5.41, 5.74) is 9.70. The first-order chi connectivity index (χ1) is 12.6. The number of anilines is 3. The Hall–Kier alpha value is -3.18. The Kier molecular flexibility index (Phi) is 4.14. The van der Waals surface area contributed by atoms with Gasteiger partial charge < -0.3 is 11.1 Å². The van der Waals surface area contributed by atoms with Gasteiger partial charge in [-0.25, -0.2) is 14.4 Å². The van der Waals surface area contributed by atoms with E-state index < -0.39 is 0 Å². The Morgan fingerprint density at radius 1 is 1.04 bits per heavy atom. The summed E-state index contributed by atoms with van der Waals surface area (Å²) >= 11 is 6.05. The zero-order chi connectivity index (χ0) is 18.1. The van der Waals surface area contributed by atoms with E-state index in [0.717, 1.165) is 22.3 Å². The van der Waals surface area contributed by atoms with Gasteiger partial charge in [0.05, 0.1) is 22.6 Å². The van der Waals surface area contributed by atoms with Crippen molar-refractivity contribution in [3.8, 4) is 11.3 Å². The van der Waals surface area contributed by atoms with Crippen LogP contribution in [0, 0.1) is 5.82 Å². The number of nitrogen functional groups attached to an aromatic ring is 1. The Balaban J connectivity index is 1.91. The lowest BCUT2D eigenvalue weighted by molar-refractivity contribution is -0.376. The van der Waals surface area contributed by atoms with Gasteiger partial charge in [-0.2, -0.15) is 0 Å². The van der Waals surface area contributed by atoms with Crippen molar-refractivity contribution in [2.45, 2.75) is 0 Å². The number of hydrogen-bond acceptors (Lipinski definition) is 3. The van der Waals surface area contributed by atoms with Crippen molar-refractivity contribution in [2.75, 3.05) is 11.1 Å². The molecule has 0 aliphatic heterocycles. The number of aromatic amines is 1. The number of H-pyrrole nitrogens is 1. The van der Waals surface area contributed by atoms with Crippen molar-refractivity contribution >= 4 is 39.6 Å². The SMILES string of the molecule is Nc1c[nH+]ccc1Nc1cc(-c2cc(Cl)ccc2F)nc2ccccc12. The van der Waals surface area contributed by atoms with Crippen LogP contribution in [-0.2, 0) is 0 Å². The monoisotopic (exact) mass is 365 g/mol. The minimum absolute atomic E-state index is 0.348. The maximum Gasteiger partial charge on any atom is 0.192 e. The predicted molar refractivity (Wildman–Crippen MR) is 103 cm³/mol. The second kappa shape index (κ2) is 6.61. The number of pyridine rings is 2. The zero-order valence-electron chi connectivity index (χ0n) is 13.6. The molecule has 4 aromatic rings. The summed E-state index contributed by atoms with van der Waals surface area (Å²) in [6, 6.07) is 15.7. The summed E-state index contributed by atoms with van der Waals surface area (Å²) in [5, 5.41) is 4.68. The number of nitrogens with two attached hydrogens (primary N) is 1. The lowest BCUT2D eigenvalue weighted by atomic mass is 10.1. The molecule has 128 valence electrons. The Bertz CT molecular complexity index is 1110. The van der Waals surface area contributed by atoms with Gasteiger partial charge in [0.15, 0.2) is 12.4 Å². The molecule has 0 aliphatic rings. The van der Waals surface area contributed by atoms with Crippen LogP contribution in [0.5, 0.6) is 0 Å². The highest BCUT2D eigenvalue weighted by Crippen LogP contribution is 2.33. The summed E-state index contributed by atoms with van der Waals surface area (Å²) in [6.45, 7) is 0. The minimum Gasteiger partial charge on any atom is -0.392 e. The van der Waals surface area contributed by atoms with Crippen molar-refractivity contribution < 1.29 is 9.37 Å². The van der Waals surface area contributed by atoms with E-state index in [1.54, 1.807) is 24.5 Å². The highest BCUT2D eigenvalue weighted by Gasteiger charge is 2.13. The Labute approximate surface area is 154 Å². The number of hydrogen-bond donors (Lipinski definition) is 2. The van der Waals surface area contributed by atoms with Crippen LogP contribution >= 0.6 is 11.6 Å². The van der Waals surface area contributed by atoms with Crippen LogP contribution in [0.3, 0.4) is 0 Å². The quantitative estimate of drug-likeness (QED) is 0.546. The standard InChI is InChI=1S/C20H14ClFN4/c21-12-5-6-15(22)14(9-12)20-10-19(13-3-1-2-4-17(13)25-20)26-18-7-8-24-11-16(18)23/h1-11H,23H2,(H,24,25,26)/p+1. The molecule has 26 heavy (non-hydrogen) atoms. The highest BCUT2D eigenvalue weighted by atomic mass is 35.5. The van der Waals surface area contributed by atoms with Gasteiger partial charge in [-0.15, -0.1) is 0 Å². The van der Waals surface area contributed by atoms with Gasteiger partial charge in [0.2, 0.25) is 0 Å². The molecule has 0 aliphatic carbocycles. The van der Waals surface area contributed by atoms with Crippen molar-refractivity contribution in [1.82, 2.24) is 4.98 Å². The molecule has 0 fully saturated rings. The van der Waals surface area contributed by atoms with Gasteiger partial charge in [0.25, 0.3) is 0 Å². The number of benzene rings is 2. The molecule has 0 bridgehead atoms. The zero-order valence-corrected chi connectivity index (χ0v) is 14.4. The van der Waals surface area contributed by atoms with E-state index in [1.807, 2.05) is 30.3 Å². The first-order valence-corrected chi connectivity index (χ1v) is 8.37. The van der Waals surface area contributed by atoms with Gasteiger partial charge in [-0.05, 0) is 30.3 Å². The van der Waals surface area contributed by atoms with Crippen LogP contribution < -0.4 is 16.0 Å². The van der Waals surface area contributed by atoms with Gasteiger partial charge in [0.1, 0.15) is 11.5 Å². The largest absolute Gasteiger partial charge is 0.392 e. The average molecular weight is 366 g/mol. The lowest BCUT2D eigenvalue weighted by Crippen LogP contribution is -2.05. The number of rotatable bonds is 3. The Morgan fingerprint density at radius 2 is 1.88 bits per heavy atom. The molecule has 2 aromatic carbocycles. The number of nitrogens with one attached hydrogen (secondary N) is 2. The molecule has 2 heterocycles. The third-order valence-corrected chi connectivity index (χ3v) is 4.32. The maximum absolute atomic E-state index is 14.3. The molecule has 0 unspecified atom stereocenters. The molecule has 4 nitrogen and oxygen atoms in total. The third kappa shape index (κ3) is 3.05. The van der Waals surface area contributed by atoms with Crippen molar-refractivity contribution in [3.63, 3.8) is 0 Å². The molecule has 0 atom stereocenters. The van der Waals surface area contributed by atoms with Crippen LogP contribution in [0.2, 0.25) is 5.02 Å². The molecule has 0 radical (unpaired) electrons. The third-order valence-electron chi connectivity index (χ3n) is 4.09. The molecule has 0 amide bonds. The first-order valence-electron chi connectivity index (χ1n) is 7.99. The van der Waals surface area contributed by atoms with E-state index in [0.29, 0.717) is 22.0 Å². The van der Waals surface area contributed by atoms with Gasteiger partial charge in [-0.1, -0.05) is 29.8 Å². The number of nitrogens with zero attached hydrogens (tertiary/aromatic N) is 1. The smallest absolute Gasteiger partial charge is 0.192 e. The second-order valence-corrected chi connectivity index (χ2v) is 6.27. The van der Waals surface area contributed by atoms with Crippen LogP contribution in [0.4, 0.5) is 21.5 Å². The van der Waals surface area contributed by atoms with E-state index in [9.17, 15) is 4.39 Å². The minimum atomic E-state index is -0.378. The molecule has 4 N–H and O–H groups in total. The number of fused-ring (bicyclic) bond motifs is 1. The Morgan fingerprint density at radius 3 is 2.73 bits per heavy atom. The lowest BCUT2D eigenvalue weighted by Gasteiger charge is -2.13. The fraction of sp³-hybridized carbons (Fsp3) is 0. The average Bonchev–Trinajstić information content (AvgIpc) is 2.65. The summed E-state index contributed by atoms with van der Waals surface area (Å²) in [4.78, 5) is 7.53. The van der Waals surface area contributed by atoms with E-state index in [1.165, 1.54) is 12.1 Å². The molecule has 0 saturated heterocycles. The number of aromatic nitrogens is 2. The first kappa shape index (κ1) is 16.3. The van der Waals surface area contributed by atoms with E-state index in [4.69, 9.17) is 17.3 Å². The van der Waals surface area contributed by atoms with Gasteiger partial charge in [-0.3, -0.25) is 0 Å². The predicted octanol–water partition coefficient (Wildman–Crippen LogP) is 4.83. The molecule has 4 rings (SSSR count). The van der Waals surface area contributed by atoms with Crippen LogP contribution in [-0.4, -0.2) is 4.98 Å². The molecule has 0 saturated carbocycles. The van der Waals surface area contributed by atoms with Crippen LogP contribution in [0.15, 0.2) is 67.0 Å². The van der Waals surface area contributed by atoms with Gasteiger partial charge in [0, 0.05) is 22.0 Å². The summed E-state index contributed by atoms with van der Waals surface area (Å²) < 4.78 is 14.3. The molecule has 2 aromatic heterocycles. The van der Waals surface area contributed by atoms with Crippen LogP contribution in [0.25, 0.3) is 22.2 Å². The molecule has 0 spiro atoms. The second-order valence-electron chi connectivity index (χ2n) is 5.83. The number of para-hydroxylation sites is 1. The molecule has 6 heteroatoms. The highest BCUT2D eigenvalue weighted by molar-refractivity contribution is 6.30. The fourth-order valence-electron chi connectivity index (χ4n) is 2.81. The van der Waals surface area contributed by atoms with E-state index >= 15 is 0 Å². The normalized spacial score (nSPS) is 10.8. The summed E-state index contributed by atoms with van der Waals surface area (Å²) in [7, 11) is 0. The molecular weight excluding hydrogens is 351 g/mol. The van der Waals surface area contributed by atoms with Crippen molar-refractivity contribution in [2.24, 2.45) is 0 Å². The maximum atomic E-state index is 14.3. The summed E-state index contributed by atoms with van der Waals surface area (Å²) in [6.07, 6.45) is 3.48. The van der Waals surface area contributed by atoms with Crippen molar-refractivity contribution in [1.29, 1.82) is 0 Å². The molecular formula is C20H15ClFN4+. The summed E-state index contributed by atoms with van der Waals surface area (Å²) in [5.74, 6) is -0.378. The number of halogens is 2. The van der Waals surface area contributed by atoms with Crippen molar-refractivity contribution in [3.05, 3.63) is 77.8 Å². The van der Waals surface area contributed by atoms with Crippen LogP contribution in [0.1, 0.15) is 0 Å². The van der Waals surface area contributed by atoms with E-state index in [2.05, 4.69) is 15.3 Å². The fourth-order valence-corrected chi connectivity index (χ4v) is 2.98. The van der Waals surface area contributed by atoms with Gasteiger partial charge >= 0.3 is 0 Å². The van der Waals surface area contributed by atoms with E-state index in [-0.39, 0.29) is 5.82 Å². The topological polar surface area (TPSA) is 65.1 Å².